The molecule has 3 nitrogen and oxygen atoms in total. The monoisotopic (exact) mass is 289 g/mol. The second kappa shape index (κ2) is 7.08. The van der Waals surface area contributed by atoms with E-state index in [1.165, 1.54) is 5.56 Å². The summed E-state index contributed by atoms with van der Waals surface area (Å²) in [6, 6.07) is 10.5. The number of likely N-dealkylation sites (tertiary alicyclic amines) is 1. The molecule has 3 heteroatoms. The molecule has 1 amide bonds. The Labute approximate surface area is 128 Å². The van der Waals surface area contributed by atoms with Crippen LogP contribution in [-0.4, -0.2) is 36.6 Å². The summed E-state index contributed by atoms with van der Waals surface area (Å²) in [6.07, 6.45) is 3.27. The van der Waals surface area contributed by atoms with E-state index in [-0.39, 0.29) is 17.4 Å². The smallest absolute Gasteiger partial charge is 0.228 e. The van der Waals surface area contributed by atoms with Crippen LogP contribution in [0.3, 0.4) is 0 Å². The number of carbonyl (C=O) groups is 1. The molecule has 0 N–H and O–H groups in total. The highest BCUT2D eigenvalue weighted by atomic mass is 16.5. The summed E-state index contributed by atoms with van der Waals surface area (Å²) in [6.45, 7) is 8.29. The van der Waals surface area contributed by atoms with Gasteiger partial charge in [-0.1, -0.05) is 51.1 Å². The third-order valence-corrected chi connectivity index (χ3v) is 3.88. The van der Waals surface area contributed by atoms with Crippen molar-refractivity contribution in [2.24, 2.45) is 5.41 Å². The molecule has 1 aliphatic rings. The Balaban J connectivity index is 1.66. The average molecular weight is 289 g/mol. The van der Waals surface area contributed by atoms with Gasteiger partial charge in [0.1, 0.15) is 0 Å². The summed E-state index contributed by atoms with van der Waals surface area (Å²) in [5.74, 6) is 0.234. The zero-order valence-electron chi connectivity index (χ0n) is 13.5. The van der Waals surface area contributed by atoms with Crippen molar-refractivity contribution in [3.63, 3.8) is 0 Å². The van der Waals surface area contributed by atoms with Gasteiger partial charge in [0.25, 0.3) is 0 Å². The van der Waals surface area contributed by atoms with E-state index >= 15 is 0 Å². The summed E-state index contributed by atoms with van der Waals surface area (Å²) in [4.78, 5) is 14.1. The van der Waals surface area contributed by atoms with E-state index < -0.39 is 0 Å². The molecule has 1 aromatic rings. The normalized spacial score (nSPS) is 19.0. The Morgan fingerprint density at radius 3 is 2.67 bits per heavy atom. The molecule has 0 spiro atoms. The molecule has 1 saturated heterocycles. The van der Waals surface area contributed by atoms with Crippen molar-refractivity contribution in [2.75, 3.05) is 19.7 Å². The van der Waals surface area contributed by atoms with E-state index in [0.29, 0.717) is 0 Å². The molecule has 2 rings (SSSR count). The van der Waals surface area contributed by atoms with Gasteiger partial charge in [-0.15, -0.1) is 0 Å². The fourth-order valence-corrected chi connectivity index (χ4v) is 2.69. The second-order valence-electron chi connectivity index (χ2n) is 6.87. The van der Waals surface area contributed by atoms with E-state index in [0.717, 1.165) is 39.0 Å². The van der Waals surface area contributed by atoms with Crippen molar-refractivity contribution in [1.29, 1.82) is 0 Å². The van der Waals surface area contributed by atoms with Crippen LogP contribution < -0.4 is 0 Å². The summed E-state index contributed by atoms with van der Waals surface area (Å²) >= 11 is 0. The largest absolute Gasteiger partial charge is 0.376 e. The Bertz CT molecular complexity index is 450. The first-order valence-electron chi connectivity index (χ1n) is 7.92. The fraction of sp³-hybridized carbons (Fsp3) is 0.611. The first-order valence-corrected chi connectivity index (χ1v) is 7.92. The number of amides is 1. The molecule has 1 aromatic carbocycles. The maximum atomic E-state index is 12.2. The van der Waals surface area contributed by atoms with Crippen LogP contribution in [0.25, 0.3) is 0 Å². The molecule has 0 aliphatic carbocycles. The van der Waals surface area contributed by atoms with Gasteiger partial charge in [0, 0.05) is 25.1 Å². The van der Waals surface area contributed by atoms with Crippen LogP contribution in [0.1, 0.15) is 39.2 Å². The van der Waals surface area contributed by atoms with Crippen molar-refractivity contribution in [3.8, 4) is 0 Å². The topological polar surface area (TPSA) is 29.5 Å². The number of carbonyl (C=O) groups excluding carboxylic acids is 1. The number of hydrogen-bond donors (Lipinski definition) is 0. The molecular weight excluding hydrogens is 262 g/mol. The third kappa shape index (κ3) is 4.85. The molecule has 1 atom stereocenters. The fourth-order valence-electron chi connectivity index (χ4n) is 2.69. The summed E-state index contributed by atoms with van der Waals surface area (Å²) in [5, 5.41) is 0. The predicted octanol–water partition coefficient (Wildman–Crippen LogP) is 3.28. The molecule has 0 aromatic heterocycles. The number of nitrogens with zero attached hydrogens (tertiary/aromatic N) is 1. The van der Waals surface area contributed by atoms with Crippen molar-refractivity contribution < 1.29 is 9.53 Å². The van der Waals surface area contributed by atoms with Crippen molar-refractivity contribution in [2.45, 2.75) is 46.1 Å². The molecular formula is C18H27NO2. The van der Waals surface area contributed by atoms with E-state index in [1.54, 1.807) is 0 Å². The lowest BCUT2D eigenvalue weighted by Crippen LogP contribution is -2.38. The second-order valence-corrected chi connectivity index (χ2v) is 6.87. The summed E-state index contributed by atoms with van der Waals surface area (Å²) < 4.78 is 5.92. The van der Waals surface area contributed by atoms with Crippen LogP contribution in [0.5, 0.6) is 0 Å². The van der Waals surface area contributed by atoms with Gasteiger partial charge in [0.15, 0.2) is 0 Å². The minimum absolute atomic E-state index is 0.215. The maximum Gasteiger partial charge on any atom is 0.228 e. The van der Waals surface area contributed by atoms with Crippen LogP contribution in [0.4, 0.5) is 0 Å². The third-order valence-electron chi connectivity index (χ3n) is 3.88. The zero-order valence-corrected chi connectivity index (χ0v) is 13.5. The van der Waals surface area contributed by atoms with Gasteiger partial charge in [-0.25, -0.2) is 0 Å². The number of ether oxygens (including phenoxy) is 1. The van der Waals surface area contributed by atoms with Gasteiger partial charge in [-0.3, -0.25) is 4.79 Å². The van der Waals surface area contributed by atoms with E-state index in [2.05, 4.69) is 24.3 Å². The molecule has 0 bridgehead atoms. The van der Waals surface area contributed by atoms with Crippen LogP contribution in [0, 0.1) is 5.41 Å². The Morgan fingerprint density at radius 2 is 2.00 bits per heavy atom. The van der Waals surface area contributed by atoms with Crippen molar-refractivity contribution in [3.05, 3.63) is 35.9 Å². The van der Waals surface area contributed by atoms with Crippen LogP contribution in [0.15, 0.2) is 30.3 Å². The molecule has 1 aliphatic heterocycles. The van der Waals surface area contributed by atoms with Crippen molar-refractivity contribution in [1.82, 2.24) is 4.90 Å². The van der Waals surface area contributed by atoms with E-state index in [1.807, 2.05) is 31.7 Å². The molecule has 0 saturated carbocycles. The molecule has 116 valence electrons. The first-order chi connectivity index (χ1) is 9.97. The lowest BCUT2D eigenvalue weighted by molar-refractivity contribution is -0.138. The highest BCUT2D eigenvalue weighted by Crippen LogP contribution is 2.22. The summed E-state index contributed by atoms with van der Waals surface area (Å²) in [5.41, 5.74) is 1.07. The van der Waals surface area contributed by atoms with Crippen LogP contribution in [0.2, 0.25) is 0 Å². The minimum Gasteiger partial charge on any atom is -0.376 e. The Hall–Kier alpha value is -1.35. The zero-order chi connectivity index (χ0) is 15.3. The highest BCUT2D eigenvalue weighted by molar-refractivity contribution is 5.81. The lowest BCUT2D eigenvalue weighted by atomic mass is 9.95. The van der Waals surface area contributed by atoms with E-state index in [9.17, 15) is 4.79 Å². The SMILES string of the molecule is CC(C)(C)C(=O)N1CCC(OCCCc2ccccc2)C1. The molecule has 1 unspecified atom stereocenters. The van der Waals surface area contributed by atoms with Gasteiger partial charge in [-0.2, -0.15) is 0 Å². The Morgan fingerprint density at radius 1 is 1.29 bits per heavy atom. The molecule has 1 heterocycles. The average Bonchev–Trinajstić information content (AvgIpc) is 2.91. The molecule has 21 heavy (non-hydrogen) atoms. The number of rotatable bonds is 5. The minimum atomic E-state index is -0.289. The van der Waals surface area contributed by atoms with Gasteiger partial charge < -0.3 is 9.64 Å². The summed E-state index contributed by atoms with van der Waals surface area (Å²) in [7, 11) is 0. The first kappa shape index (κ1) is 16.0. The molecule has 1 fully saturated rings. The van der Waals surface area contributed by atoms with Crippen LogP contribution in [-0.2, 0) is 16.0 Å². The molecule has 0 radical (unpaired) electrons. The van der Waals surface area contributed by atoms with Crippen LogP contribution >= 0.6 is 0 Å². The van der Waals surface area contributed by atoms with Gasteiger partial charge in [-0.05, 0) is 24.8 Å². The standard InChI is InChI=1S/C18H27NO2/c1-18(2,3)17(20)19-12-11-16(14-19)21-13-7-10-15-8-5-4-6-9-15/h4-6,8-9,16H,7,10-14H2,1-3H3. The Kier molecular flexibility index (Phi) is 5.40. The van der Waals surface area contributed by atoms with Gasteiger partial charge in [0.05, 0.1) is 6.10 Å². The highest BCUT2D eigenvalue weighted by Gasteiger charge is 2.32. The van der Waals surface area contributed by atoms with Crippen molar-refractivity contribution >= 4 is 5.91 Å². The quantitative estimate of drug-likeness (QED) is 0.779. The van der Waals surface area contributed by atoms with Gasteiger partial charge in [0.2, 0.25) is 5.91 Å². The van der Waals surface area contributed by atoms with E-state index in [4.69, 9.17) is 4.74 Å². The number of aryl methyl sites for hydroxylation is 1. The van der Waals surface area contributed by atoms with Gasteiger partial charge >= 0.3 is 0 Å². The lowest BCUT2D eigenvalue weighted by Gasteiger charge is -2.25. The predicted molar refractivity (Wildman–Crippen MR) is 85.2 cm³/mol. The number of hydrogen-bond acceptors (Lipinski definition) is 2. The number of benzene rings is 1. The maximum absolute atomic E-state index is 12.2.